The monoisotopic (exact) mass is 333 g/mol. The topological polar surface area (TPSA) is 71.5 Å². The summed E-state index contributed by atoms with van der Waals surface area (Å²) in [5.41, 5.74) is 0.513. The van der Waals surface area contributed by atoms with E-state index in [1.807, 2.05) is 43.9 Å². The van der Waals surface area contributed by atoms with E-state index >= 15 is 0 Å². The number of carbonyl (C=O) groups is 2. The number of likely N-dealkylation sites (tertiary alicyclic amines) is 1. The molecule has 1 N–H and O–H groups in total. The summed E-state index contributed by atoms with van der Waals surface area (Å²) in [6, 6.07) is 5.90. The molecule has 0 aliphatic carbocycles. The largest absolute Gasteiger partial charge is 0.444 e. The molecule has 0 radical (unpaired) electrons. The van der Waals surface area contributed by atoms with E-state index in [2.05, 4.69) is 10.3 Å². The molecule has 2 heterocycles. The first-order valence-electron chi connectivity index (χ1n) is 8.51. The molecule has 132 valence electrons. The Morgan fingerprint density at radius 2 is 2.17 bits per heavy atom. The SMILES string of the molecule is CC(C)(C)OC(=O)NCCC(=O)N1CCCC(c2ccccn2)C1. The molecule has 1 aromatic heterocycles. The second-order valence-corrected chi connectivity index (χ2v) is 7.11. The molecule has 1 aromatic rings. The van der Waals surface area contributed by atoms with E-state index in [0.29, 0.717) is 19.0 Å². The quantitative estimate of drug-likeness (QED) is 0.919. The van der Waals surface area contributed by atoms with Crippen molar-refractivity contribution in [2.75, 3.05) is 19.6 Å². The highest BCUT2D eigenvalue weighted by Gasteiger charge is 2.25. The maximum Gasteiger partial charge on any atom is 0.407 e. The second-order valence-electron chi connectivity index (χ2n) is 7.11. The van der Waals surface area contributed by atoms with Crippen molar-refractivity contribution >= 4 is 12.0 Å². The van der Waals surface area contributed by atoms with Crippen LogP contribution in [0.5, 0.6) is 0 Å². The molecule has 0 spiro atoms. The van der Waals surface area contributed by atoms with Crippen LogP contribution in [0.15, 0.2) is 24.4 Å². The van der Waals surface area contributed by atoms with Crippen LogP contribution in [0.1, 0.15) is 51.6 Å². The average Bonchev–Trinajstić information content (AvgIpc) is 2.54. The first kappa shape index (κ1) is 18.2. The van der Waals surface area contributed by atoms with Crippen LogP contribution in [0.3, 0.4) is 0 Å². The lowest BCUT2D eigenvalue weighted by molar-refractivity contribution is -0.132. The number of piperidine rings is 1. The molecule has 24 heavy (non-hydrogen) atoms. The number of hydrogen-bond acceptors (Lipinski definition) is 4. The van der Waals surface area contributed by atoms with Crippen molar-refractivity contribution in [3.05, 3.63) is 30.1 Å². The first-order chi connectivity index (χ1) is 11.3. The molecular formula is C18H27N3O3. The van der Waals surface area contributed by atoms with E-state index in [1.165, 1.54) is 0 Å². The third kappa shape index (κ3) is 5.83. The van der Waals surface area contributed by atoms with Gasteiger partial charge in [0.25, 0.3) is 0 Å². The van der Waals surface area contributed by atoms with Gasteiger partial charge in [-0.3, -0.25) is 9.78 Å². The van der Waals surface area contributed by atoms with Crippen molar-refractivity contribution < 1.29 is 14.3 Å². The lowest BCUT2D eigenvalue weighted by Crippen LogP contribution is -2.41. The number of ether oxygens (including phenoxy) is 1. The van der Waals surface area contributed by atoms with Crippen LogP contribution in [0.25, 0.3) is 0 Å². The first-order valence-corrected chi connectivity index (χ1v) is 8.51. The zero-order valence-corrected chi connectivity index (χ0v) is 14.7. The Labute approximate surface area is 143 Å². The normalized spacial score (nSPS) is 18.1. The van der Waals surface area contributed by atoms with Gasteiger partial charge in [-0.2, -0.15) is 0 Å². The van der Waals surface area contributed by atoms with Crippen LogP contribution in [0, 0.1) is 0 Å². The van der Waals surface area contributed by atoms with E-state index in [4.69, 9.17) is 4.74 Å². The van der Waals surface area contributed by atoms with Crippen LogP contribution in [0.2, 0.25) is 0 Å². The molecule has 1 aliphatic rings. The maximum absolute atomic E-state index is 12.4. The highest BCUT2D eigenvalue weighted by atomic mass is 16.6. The Morgan fingerprint density at radius 1 is 1.38 bits per heavy atom. The zero-order valence-electron chi connectivity index (χ0n) is 14.7. The number of nitrogens with zero attached hydrogens (tertiary/aromatic N) is 2. The number of pyridine rings is 1. The number of rotatable bonds is 4. The highest BCUT2D eigenvalue weighted by molar-refractivity contribution is 5.77. The summed E-state index contributed by atoms with van der Waals surface area (Å²) < 4.78 is 5.16. The molecule has 0 saturated carbocycles. The fourth-order valence-electron chi connectivity index (χ4n) is 2.81. The van der Waals surface area contributed by atoms with Crippen molar-refractivity contribution in [1.29, 1.82) is 0 Å². The van der Waals surface area contributed by atoms with Crippen LogP contribution >= 0.6 is 0 Å². The Morgan fingerprint density at radius 3 is 2.83 bits per heavy atom. The van der Waals surface area contributed by atoms with E-state index in [0.717, 1.165) is 25.1 Å². The molecular weight excluding hydrogens is 306 g/mol. The molecule has 6 nitrogen and oxygen atoms in total. The smallest absolute Gasteiger partial charge is 0.407 e. The predicted octanol–water partition coefficient (Wildman–Crippen LogP) is 2.70. The van der Waals surface area contributed by atoms with Crippen molar-refractivity contribution in [3.8, 4) is 0 Å². The number of alkyl carbamates (subject to hydrolysis) is 1. The number of hydrogen-bond donors (Lipinski definition) is 1. The average molecular weight is 333 g/mol. The Balaban J connectivity index is 1.77. The van der Waals surface area contributed by atoms with Gasteiger partial charge < -0.3 is 15.0 Å². The third-order valence-corrected chi connectivity index (χ3v) is 3.89. The van der Waals surface area contributed by atoms with Gasteiger partial charge in [0.2, 0.25) is 5.91 Å². The summed E-state index contributed by atoms with van der Waals surface area (Å²) in [6.07, 6.45) is 3.62. The van der Waals surface area contributed by atoms with Gasteiger partial charge in [0.15, 0.2) is 0 Å². The summed E-state index contributed by atoms with van der Waals surface area (Å²) >= 11 is 0. The minimum Gasteiger partial charge on any atom is -0.444 e. The molecule has 0 aromatic carbocycles. The lowest BCUT2D eigenvalue weighted by Gasteiger charge is -2.32. The number of aromatic nitrogens is 1. The molecule has 1 atom stereocenters. The predicted molar refractivity (Wildman–Crippen MR) is 91.6 cm³/mol. The molecule has 2 amide bonds. The molecule has 2 rings (SSSR count). The molecule has 1 aliphatic heterocycles. The van der Waals surface area contributed by atoms with Gasteiger partial charge in [-0.1, -0.05) is 6.07 Å². The third-order valence-electron chi connectivity index (χ3n) is 3.89. The second kappa shape index (κ2) is 8.13. The fraction of sp³-hybridized carbons (Fsp3) is 0.611. The lowest BCUT2D eigenvalue weighted by atomic mass is 9.94. The maximum atomic E-state index is 12.4. The van der Waals surface area contributed by atoms with Gasteiger partial charge in [0.05, 0.1) is 0 Å². The number of nitrogens with one attached hydrogen (secondary N) is 1. The molecule has 1 unspecified atom stereocenters. The van der Waals surface area contributed by atoms with E-state index < -0.39 is 11.7 Å². The molecule has 1 saturated heterocycles. The number of amides is 2. The van der Waals surface area contributed by atoms with Crippen molar-refractivity contribution in [3.63, 3.8) is 0 Å². The van der Waals surface area contributed by atoms with E-state index in [9.17, 15) is 9.59 Å². The molecule has 6 heteroatoms. The summed E-state index contributed by atoms with van der Waals surface area (Å²) in [7, 11) is 0. The van der Waals surface area contributed by atoms with Gasteiger partial charge >= 0.3 is 6.09 Å². The molecule has 0 bridgehead atoms. The van der Waals surface area contributed by atoms with Crippen molar-refractivity contribution in [2.24, 2.45) is 0 Å². The fourth-order valence-corrected chi connectivity index (χ4v) is 2.81. The number of carbonyl (C=O) groups excluding carboxylic acids is 2. The summed E-state index contributed by atoms with van der Waals surface area (Å²) in [5.74, 6) is 0.356. The highest BCUT2D eigenvalue weighted by Crippen LogP contribution is 2.25. The van der Waals surface area contributed by atoms with Gasteiger partial charge in [-0.05, 0) is 45.7 Å². The van der Waals surface area contributed by atoms with Crippen LogP contribution < -0.4 is 5.32 Å². The van der Waals surface area contributed by atoms with Crippen molar-refractivity contribution in [1.82, 2.24) is 15.2 Å². The summed E-state index contributed by atoms with van der Waals surface area (Å²) in [4.78, 5) is 30.2. The Bertz CT molecular complexity index is 554. The van der Waals surface area contributed by atoms with Crippen molar-refractivity contribution in [2.45, 2.75) is 51.6 Å². The van der Waals surface area contributed by atoms with Crippen LogP contribution in [0.4, 0.5) is 4.79 Å². The Kier molecular flexibility index (Phi) is 6.17. The summed E-state index contributed by atoms with van der Waals surface area (Å²) in [6.45, 7) is 7.19. The van der Waals surface area contributed by atoms with Gasteiger partial charge in [-0.25, -0.2) is 4.79 Å². The van der Waals surface area contributed by atoms with Gasteiger partial charge in [0, 0.05) is 43.9 Å². The zero-order chi connectivity index (χ0) is 17.6. The minimum atomic E-state index is -0.531. The van der Waals surface area contributed by atoms with E-state index in [-0.39, 0.29) is 12.3 Å². The van der Waals surface area contributed by atoms with Crippen LogP contribution in [-0.4, -0.2) is 47.1 Å². The van der Waals surface area contributed by atoms with E-state index in [1.54, 1.807) is 6.20 Å². The van der Waals surface area contributed by atoms with Gasteiger partial charge in [0.1, 0.15) is 5.60 Å². The van der Waals surface area contributed by atoms with Gasteiger partial charge in [-0.15, -0.1) is 0 Å². The van der Waals surface area contributed by atoms with Crippen LogP contribution in [-0.2, 0) is 9.53 Å². The standard InChI is InChI=1S/C18H27N3O3/c1-18(2,3)24-17(23)20-11-9-16(22)21-12-6-7-14(13-21)15-8-4-5-10-19-15/h4-5,8,10,14H,6-7,9,11-13H2,1-3H3,(H,20,23). The molecule has 1 fully saturated rings. The summed E-state index contributed by atoms with van der Waals surface area (Å²) in [5, 5.41) is 2.63. The Hall–Kier alpha value is -2.11. The minimum absolute atomic E-state index is 0.0617.